The average molecular weight is 266 g/mol. The number of hydrogen-bond donors (Lipinski definition) is 1. The molecule has 1 atom stereocenters. The van der Waals surface area contributed by atoms with Crippen LogP contribution < -0.4 is 4.72 Å². The number of nitrogens with one attached hydrogen (secondary N) is 1. The van der Waals surface area contributed by atoms with Crippen LogP contribution in [0.15, 0.2) is 47.9 Å². The van der Waals surface area contributed by atoms with Gasteiger partial charge in [-0.1, -0.05) is 18.2 Å². The highest BCUT2D eigenvalue weighted by Crippen LogP contribution is 2.08. The average Bonchev–Trinajstić information content (AvgIpc) is 2.82. The molecule has 1 N–H and O–H groups in total. The van der Waals surface area contributed by atoms with Crippen LogP contribution >= 0.6 is 0 Å². The van der Waals surface area contributed by atoms with Gasteiger partial charge < -0.3 is 0 Å². The van der Waals surface area contributed by atoms with Gasteiger partial charge in [-0.15, -0.1) is 0 Å². The summed E-state index contributed by atoms with van der Waals surface area (Å²) in [6, 6.07) is 8.01. The SMILES string of the molecule is C[C@@H](Cn1cncn1)NS(=O)(=O)c1ccccc1. The van der Waals surface area contributed by atoms with Crippen molar-refractivity contribution in [2.75, 3.05) is 0 Å². The molecule has 0 bridgehead atoms. The predicted octanol–water partition coefficient (Wildman–Crippen LogP) is 0.645. The van der Waals surface area contributed by atoms with Crippen molar-refractivity contribution in [3.63, 3.8) is 0 Å². The third-order valence-corrected chi connectivity index (χ3v) is 3.94. The predicted molar refractivity (Wildman–Crippen MR) is 66.2 cm³/mol. The molecule has 1 heterocycles. The van der Waals surface area contributed by atoms with Crippen LogP contribution in [0.1, 0.15) is 6.92 Å². The van der Waals surface area contributed by atoms with Gasteiger partial charge in [-0.25, -0.2) is 18.1 Å². The van der Waals surface area contributed by atoms with E-state index in [2.05, 4.69) is 14.8 Å². The molecule has 6 nitrogen and oxygen atoms in total. The fraction of sp³-hybridized carbons (Fsp3) is 0.273. The Morgan fingerprint density at radius 3 is 2.67 bits per heavy atom. The molecule has 18 heavy (non-hydrogen) atoms. The Kier molecular flexibility index (Phi) is 3.73. The van der Waals surface area contributed by atoms with Crippen LogP contribution in [0.4, 0.5) is 0 Å². The van der Waals surface area contributed by atoms with Gasteiger partial charge in [0.1, 0.15) is 12.7 Å². The van der Waals surface area contributed by atoms with Gasteiger partial charge in [0, 0.05) is 6.04 Å². The van der Waals surface area contributed by atoms with Gasteiger partial charge in [0.05, 0.1) is 11.4 Å². The first-order valence-corrected chi connectivity index (χ1v) is 6.96. The quantitative estimate of drug-likeness (QED) is 0.861. The zero-order chi connectivity index (χ0) is 13.0. The van der Waals surface area contributed by atoms with Crippen molar-refractivity contribution >= 4 is 10.0 Å². The largest absolute Gasteiger partial charge is 0.251 e. The van der Waals surface area contributed by atoms with E-state index in [1.807, 2.05) is 0 Å². The molecule has 0 saturated heterocycles. The molecular weight excluding hydrogens is 252 g/mol. The van der Waals surface area contributed by atoms with Gasteiger partial charge in [-0.3, -0.25) is 4.68 Å². The summed E-state index contributed by atoms with van der Waals surface area (Å²) in [4.78, 5) is 4.06. The molecule has 0 aliphatic heterocycles. The standard InChI is InChI=1S/C11H14N4O2S/c1-10(7-15-9-12-8-13-15)14-18(16,17)11-5-3-2-4-6-11/h2-6,8-10,14H,7H2,1H3/t10-/m0/s1. The Labute approximate surface area is 106 Å². The smallest absolute Gasteiger partial charge is 0.240 e. The van der Waals surface area contributed by atoms with Crippen LogP contribution in [0.3, 0.4) is 0 Å². The monoisotopic (exact) mass is 266 g/mol. The van der Waals surface area contributed by atoms with E-state index >= 15 is 0 Å². The van der Waals surface area contributed by atoms with E-state index in [1.54, 1.807) is 48.3 Å². The molecule has 0 radical (unpaired) electrons. The number of rotatable bonds is 5. The second-order valence-electron chi connectivity index (χ2n) is 3.95. The molecule has 0 fully saturated rings. The lowest BCUT2D eigenvalue weighted by Gasteiger charge is -2.13. The summed E-state index contributed by atoms with van der Waals surface area (Å²) in [6.07, 6.45) is 2.96. The van der Waals surface area contributed by atoms with Crippen molar-refractivity contribution in [2.24, 2.45) is 0 Å². The topological polar surface area (TPSA) is 76.9 Å². The minimum Gasteiger partial charge on any atom is -0.251 e. The first-order valence-electron chi connectivity index (χ1n) is 5.48. The van der Waals surface area contributed by atoms with Crippen LogP contribution in [0.25, 0.3) is 0 Å². The van der Waals surface area contributed by atoms with Crippen molar-refractivity contribution in [1.29, 1.82) is 0 Å². The number of benzene rings is 1. The van der Waals surface area contributed by atoms with Crippen LogP contribution in [0.5, 0.6) is 0 Å². The van der Waals surface area contributed by atoms with Crippen molar-refractivity contribution in [3.05, 3.63) is 43.0 Å². The minimum absolute atomic E-state index is 0.260. The molecular formula is C11H14N4O2S. The Bertz CT molecular complexity index is 581. The fourth-order valence-electron chi connectivity index (χ4n) is 1.58. The van der Waals surface area contributed by atoms with E-state index in [-0.39, 0.29) is 10.9 Å². The van der Waals surface area contributed by atoms with Crippen LogP contribution in [0, 0.1) is 0 Å². The first-order chi connectivity index (χ1) is 8.58. The number of sulfonamides is 1. The molecule has 96 valence electrons. The molecule has 2 aromatic rings. The van der Waals surface area contributed by atoms with Gasteiger partial charge in [0.15, 0.2) is 0 Å². The third kappa shape index (κ3) is 3.14. The second kappa shape index (κ2) is 5.28. The van der Waals surface area contributed by atoms with Gasteiger partial charge in [0.25, 0.3) is 0 Å². The van der Waals surface area contributed by atoms with E-state index in [0.717, 1.165) is 0 Å². The molecule has 0 spiro atoms. The lowest BCUT2D eigenvalue weighted by molar-refractivity contribution is 0.493. The summed E-state index contributed by atoms with van der Waals surface area (Å²) in [6.45, 7) is 2.22. The molecule has 1 aromatic heterocycles. The highest BCUT2D eigenvalue weighted by atomic mass is 32.2. The molecule has 2 rings (SSSR count). The Hall–Kier alpha value is -1.73. The molecule has 7 heteroatoms. The van der Waals surface area contributed by atoms with Crippen molar-refractivity contribution in [2.45, 2.75) is 24.4 Å². The van der Waals surface area contributed by atoms with Crippen molar-refractivity contribution in [3.8, 4) is 0 Å². The molecule has 1 aromatic carbocycles. The summed E-state index contributed by atoms with van der Waals surface area (Å²) in [5, 5.41) is 3.93. The Balaban J connectivity index is 2.05. The zero-order valence-electron chi connectivity index (χ0n) is 9.89. The molecule has 0 saturated carbocycles. The maximum Gasteiger partial charge on any atom is 0.240 e. The maximum absolute atomic E-state index is 12.0. The normalized spacial score (nSPS) is 13.4. The molecule has 0 amide bonds. The minimum atomic E-state index is -3.47. The summed E-state index contributed by atoms with van der Waals surface area (Å²) in [7, 11) is -3.47. The lowest BCUT2D eigenvalue weighted by atomic mass is 10.4. The summed E-state index contributed by atoms with van der Waals surface area (Å²) >= 11 is 0. The molecule has 0 unspecified atom stereocenters. The summed E-state index contributed by atoms with van der Waals surface area (Å²) < 4.78 is 28.2. The van der Waals surface area contributed by atoms with Crippen molar-refractivity contribution in [1.82, 2.24) is 19.5 Å². The van der Waals surface area contributed by atoms with Crippen LogP contribution in [-0.4, -0.2) is 29.2 Å². The summed E-state index contributed by atoms with van der Waals surface area (Å²) in [5.74, 6) is 0. The molecule has 0 aliphatic carbocycles. The Morgan fingerprint density at radius 2 is 2.06 bits per heavy atom. The maximum atomic E-state index is 12.0. The van der Waals surface area contributed by atoms with Crippen LogP contribution in [0.2, 0.25) is 0 Å². The Morgan fingerprint density at radius 1 is 1.33 bits per heavy atom. The third-order valence-electron chi connectivity index (χ3n) is 2.34. The zero-order valence-corrected chi connectivity index (χ0v) is 10.7. The van der Waals surface area contributed by atoms with E-state index in [0.29, 0.717) is 6.54 Å². The van der Waals surface area contributed by atoms with Gasteiger partial charge in [0.2, 0.25) is 10.0 Å². The van der Waals surface area contributed by atoms with E-state index in [9.17, 15) is 8.42 Å². The number of nitrogens with zero attached hydrogens (tertiary/aromatic N) is 3. The van der Waals surface area contributed by atoms with E-state index in [4.69, 9.17) is 0 Å². The van der Waals surface area contributed by atoms with Gasteiger partial charge >= 0.3 is 0 Å². The second-order valence-corrected chi connectivity index (χ2v) is 5.67. The van der Waals surface area contributed by atoms with Gasteiger partial charge in [-0.2, -0.15) is 5.10 Å². The van der Waals surface area contributed by atoms with E-state index in [1.165, 1.54) is 6.33 Å². The lowest BCUT2D eigenvalue weighted by Crippen LogP contribution is -2.35. The molecule has 0 aliphatic rings. The first kappa shape index (κ1) is 12.7. The van der Waals surface area contributed by atoms with E-state index < -0.39 is 10.0 Å². The highest BCUT2D eigenvalue weighted by Gasteiger charge is 2.17. The number of hydrogen-bond acceptors (Lipinski definition) is 4. The number of aromatic nitrogens is 3. The highest BCUT2D eigenvalue weighted by molar-refractivity contribution is 7.89. The van der Waals surface area contributed by atoms with Gasteiger partial charge in [-0.05, 0) is 19.1 Å². The fourth-order valence-corrected chi connectivity index (χ4v) is 2.83. The summed E-state index contributed by atoms with van der Waals surface area (Å²) in [5.41, 5.74) is 0. The van der Waals surface area contributed by atoms with Crippen molar-refractivity contribution < 1.29 is 8.42 Å². The van der Waals surface area contributed by atoms with Crippen LogP contribution in [-0.2, 0) is 16.6 Å².